The number of anilines is 1. The van der Waals surface area contributed by atoms with Crippen LogP contribution in [-0.2, 0) is 19.1 Å². The normalized spacial score (nSPS) is 22.7. The van der Waals surface area contributed by atoms with Gasteiger partial charge in [0.25, 0.3) is 11.8 Å². The number of aryl methyl sites for hydroxylation is 1. The third kappa shape index (κ3) is 3.47. The molecule has 1 aliphatic carbocycles. The van der Waals surface area contributed by atoms with E-state index < -0.39 is 42.5 Å². The highest BCUT2D eigenvalue weighted by molar-refractivity contribution is 6.09. The molecule has 10 heteroatoms. The fourth-order valence-electron chi connectivity index (χ4n) is 2.72. The predicted molar refractivity (Wildman–Crippen MR) is 82.2 cm³/mol. The van der Waals surface area contributed by atoms with Crippen LogP contribution in [0.5, 0.6) is 0 Å². The Morgan fingerprint density at radius 2 is 2.20 bits per heavy atom. The Balaban J connectivity index is 1.48. The van der Waals surface area contributed by atoms with Crippen LogP contribution in [0.4, 0.5) is 10.6 Å². The standard InChI is InChI=1S/C15H18N4O6/c1-8-5-10(18-25-8)16-11(20)7-24-12(21)6-19-13(22)15(2,9-3-4-9)17-14(19)23/h5,9H,3-4,6-7H2,1-2H3,(H,17,23)(H,16,18,20)/t15-/m0/s1. The summed E-state index contributed by atoms with van der Waals surface area (Å²) in [5, 5.41) is 8.58. The van der Waals surface area contributed by atoms with Crippen molar-refractivity contribution in [2.75, 3.05) is 18.5 Å². The van der Waals surface area contributed by atoms with Crippen LogP contribution in [0, 0.1) is 12.8 Å². The second-order valence-corrected chi connectivity index (χ2v) is 6.33. The number of urea groups is 1. The highest BCUT2D eigenvalue weighted by atomic mass is 16.5. The van der Waals surface area contributed by atoms with E-state index >= 15 is 0 Å². The van der Waals surface area contributed by atoms with E-state index in [1.54, 1.807) is 13.8 Å². The summed E-state index contributed by atoms with van der Waals surface area (Å²) in [6.45, 7) is 2.22. The monoisotopic (exact) mass is 350 g/mol. The molecular weight excluding hydrogens is 332 g/mol. The zero-order valence-corrected chi connectivity index (χ0v) is 13.8. The van der Waals surface area contributed by atoms with Crippen molar-refractivity contribution in [3.05, 3.63) is 11.8 Å². The van der Waals surface area contributed by atoms with Crippen LogP contribution >= 0.6 is 0 Å². The number of rotatable bonds is 6. The van der Waals surface area contributed by atoms with Crippen molar-refractivity contribution in [3.63, 3.8) is 0 Å². The number of esters is 1. The maximum absolute atomic E-state index is 12.4. The molecule has 2 aliphatic rings. The van der Waals surface area contributed by atoms with E-state index in [2.05, 4.69) is 15.8 Å². The SMILES string of the molecule is Cc1cc(NC(=O)COC(=O)CN2C(=O)N[C@@](C)(C3CC3)C2=O)no1. The van der Waals surface area contributed by atoms with Crippen molar-refractivity contribution in [1.82, 2.24) is 15.4 Å². The summed E-state index contributed by atoms with van der Waals surface area (Å²) in [7, 11) is 0. The quantitative estimate of drug-likeness (QED) is 0.553. The van der Waals surface area contributed by atoms with Crippen LogP contribution in [0.3, 0.4) is 0 Å². The highest BCUT2D eigenvalue weighted by Crippen LogP contribution is 2.42. The molecule has 1 aromatic rings. The lowest BCUT2D eigenvalue weighted by molar-refractivity contribution is -0.150. The molecule has 1 saturated carbocycles. The van der Waals surface area contributed by atoms with E-state index in [-0.39, 0.29) is 11.7 Å². The molecule has 2 fully saturated rings. The fraction of sp³-hybridized carbons (Fsp3) is 0.533. The van der Waals surface area contributed by atoms with Crippen LogP contribution in [0.25, 0.3) is 0 Å². The first kappa shape index (κ1) is 16.9. The van der Waals surface area contributed by atoms with Crippen molar-refractivity contribution >= 4 is 29.6 Å². The molecule has 0 radical (unpaired) electrons. The lowest BCUT2D eigenvalue weighted by Crippen LogP contribution is -2.46. The van der Waals surface area contributed by atoms with E-state index in [0.717, 1.165) is 17.7 Å². The van der Waals surface area contributed by atoms with Crippen LogP contribution in [0.15, 0.2) is 10.6 Å². The Labute approximate surface area is 142 Å². The molecule has 0 spiro atoms. The number of carbonyl (C=O) groups excluding carboxylic acids is 4. The molecule has 0 aromatic carbocycles. The van der Waals surface area contributed by atoms with Crippen molar-refractivity contribution in [1.29, 1.82) is 0 Å². The van der Waals surface area contributed by atoms with Gasteiger partial charge in [0, 0.05) is 6.07 Å². The minimum Gasteiger partial charge on any atom is -0.454 e. The number of hydrogen-bond donors (Lipinski definition) is 2. The fourth-order valence-corrected chi connectivity index (χ4v) is 2.72. The summed E-state index contributed by atoms with van der Waals surface area (Å²) < 4.78 is 9.59. The first-order valence-corrected chi connectivity index (χ1v) is 7.82. The molecular formula is C15H18N4O6. The van der Waals surface area contributed by atoms with Gasteiger partial charge in [0.15, 0.2) is 12.4 Å². The molecule has 3 rings (SSSR count). The number of imide groups is 1. The lowest BCUT2D eigenvalue weighted by Gasteiger charge is -2.20. The van der Waals surface area contributed by atoms with E-state index in [1.807, 2.05) is 0 Å². The smallest absolute Gasteiger partial charge is 0.326 e. The molecule has 0 unspecified atom stereocenters. The number of aromatic nitrogens is 1. The molecule has 2 N–H and O–H groups in total. The van der Waals surface area contributed by atoms with Gasteiger partial charge in [-0.2, -0.15) is 0 Å². The van der Waals surface area contributed by atoms with Gasteiger partial charge < -0.3 is 19.9 Å². The van der Waals surface area contributed by atoms with Gasteiger partial charge in [-0.05, 0) is 32.6 Å². The average molecular weight is 350 g/mol. The van der Waals surface area contributed by atoms with Gasteiger partial charge in [0.2, 0.25) is 0 Å². The minimum atomic E-state index is -0.959. The molecule has 1 atom stereocenters. The van der Waals surface area contributed by atoms with Crippen LogP contribution in [0.1, 0.15) is 25.5 Å². The number of carbonyl (C=O) groups is 4. The van der Waals surface area contributed by atoms with E-state index in [9.17, 15) is 19.2 Å². The van der Waals surface area contributed by atoms with E-state index in [4.69, 9.17) is 9.26 Å². The highest BCUT2D eigenvalue weighted by Gasteiger charge is 2.56. The van der Waals surface area contributed by atoms with Gasteiger partial charge in [-0.3, -0.25) is 19.3 Å². The summed E-state index contributed by atoms with van der Waals surface area (Å²) in [4.78, 5) is 48.6. The maximum atomic E-state index is 12.4. The Morgan fingerprint density at radius 3 is 2.80 bits per heavy atom. The molecule has 1 aliphatic heterocycles. The largest absolute Gasteiger partial charge is 0.454 e. The topological polar surface area (TPSA) is 131 Å². The van der Waals surface area contributed by atoms with Crippen molar-refractivity contribution in [3.8, 4) is 0 Å². The molecule has 25 heavy (non-hydrogen) atoms. The number of hydrogen-bond acceptors (Lipinski definition) is 7. The van der Waals surface area contributed by atoms with Crippen molar-refractivity contribution in [2.45, 2.75) is 32.2 Å². The molecule has 0 bridgehead atoms. The number of nitrogens with zero attached hydrogens (tertiary/aromatic N) is 2. The Kier molecular flexibility index (Phi) is 4.19. The van der Waals surface area contributed by atoms with E-state index in [1.165, 1.54) is 6.07 Å². The van der Waals surface area contributed by atoms with Crippen LogP contribution in [-0.4, -0.2) is 52.6 Å². The summed E-state index contributed by atoms with van der Waals surface area (Å²) >= 11 is 0. The molecule has 1 saturated heterocycles. The number of nitrogens with one attached hydrogen (secondary N) is 2. The molecule has 1 aromatic heterocycles. The Morgan fingerprint density at radius 1 is 1.48 bits per heavy atom. The van der Waals surface area contributed by atoms with Gasteiger partial charge in [-0.15, -0.1) is 0 Å². The first-order chi connectivity index (χ1) is 11.8. The number of ether oxygens (including phenoxy) is 1. The molecule has 2 heterocycles. The summed E-state index contributed by atoms with van der Waals surface area (Å²) in [6.07, 6.45) is 1.73. The molecule has 4 amide bonds. The van der Waals surface area contributed by atoms with Crippen LogP contribution < -0.4 is 10.6 Å². The first-order valence-electron chi connectivity index (χ1n) is 7.82. The second kappa shape index (κ2) is 6.19. The van der Waals surface area contributed by atoms with Crippen molar-refractivity contribution < 1.29 is 28.4 Å². The van der Waals surface area contributed by atoms with E-state index in [0.29, 0.717) is 5.76 Å². The predicted octanol–water partition coefficient (Wildman–Crippen LogP) is 0.185. The Bertz CT molecular complexity index is 740. The lowest BCUT2D eigenvalue weighted by atomic mass is 9.96. The van der Waals surface area contributed by atoms with Crippen LogP contribution in [0.2, 0.25) is 0 Å². The minimum absolute atomic E-state index is 0.0988. The summed E-state index contributed by atoms with van der Waals surface area (Å²) in [6, 6.07) is 0.880. The van der Waals surface area contributed by atoms with Gasteiger partial charge in [-0.25, -0.2) is 4.79 Å². The number of amides is 4. The zero-order chi connectivity index (χ0) is 18.2. The Hall–Kier alpha value is -2.91. The summed E-state index contributed by atoms with van der Waals surface area (Å²) in [5.74, 6) is -1.09. The maximum Gasteiger partial charge on any atom is 0.326 e. The van der Waals surface area contributed by atoms with Gasteiger partial charge in [0.1, 0.15) is 17.8 Å². The second-order valence-electron chi connectivity index (χ2n) is 6.33. The molecule has 10 nitrogen and oxygen atoms in total. The average Bonchev–Trinajstić information content (AvgIpc) is 3.30. The van der Waals surface area contributed by atoms with Gasteiger partial charge in [-0.1, -0.05) is 5.16 Å². The summed E-state index contributed by atoms with van der Waals surface area (Å²) in [5.41, 5.74) is -0.959. The van der Waals surface area contributed by atoms with Gasteiger partial charge in [0.05, 0.1) is 0 Å². The third-order valence-corrected chi connectivity index (χ3v) is 4.24. The molecule has 134 valence electrons. The third-order valence-electron chi connectivity index (χ3n) is 4.24. The van der Waals surface area contributed by atoms with Gasteiger partial charge >= 0.3 is 12.0 Å². The van der Waals surface area contributed by atoms with Crippen molar-refractivity contribution in [2.24, 2.45) is 5.92 Å². The zero-order valence-electron chi connectivity index (χ0n) is 13.8.